The zero-order chi connectivity index (χ0) is 22.8. The zero-order valence-corrected chi connectivity index (χ0v) is 20.1. The van der Waals surface area contributed by atoms with Crippen molar-refractivity contribution in [1.82, 2.24) is 9.47 Å². The average molecular weight is 460 g/mol. The number of fused-ring (bicyclic) bond motifs is 3. The Balaban J connectivity index is 1.84. The van der Waals surface area contributed by atoms with Crippen LogP contribution in [0.15, 0.2) is 0 Å². The number of aromatic nitrogens is 1. The summed E-state index contributed by atoms with van der Waals surface area (Å²) in [6.45, 7) is 6.40. The van der Waals surface area contributed by atoms with E-state index in [1.165, 1.54) is 17.4 Å². The van der Waals surface area contributed by atoms with Gasteiger partial charge in [0, 0.05) is 29.8 Å². The lowest BCUT2D eigenvalue weighted by atomic mass is 9.96. The number of carbonyl (C=O) groups excluding carboxylic acids is 3. The van der Waals surface area contributed by atoms with Crippen LogP contribution in [0, 0.1) is 0 Å². The van der Waals surface area contributed by atoms with Crippen LogP contribution in [0.5, 0.6) is 0 Å². The van der Waals surface area contributed by atoms with Gasteiger partial charge in [0.1, 0.15) is 11.4 Å². The van der Waals surface area contributed by atoms with E-state index in [9.17, 15) is 14.4 Å². The summed E-state index contributed by atoms with van der Waals surface area (Å²) < 4.78 is 7.18. The summed E-state index contributed by atoms with van der Waals surface area (Å²) in [6.07, 6.45) is 8.27. The van der Waals surface area contributed by atoms with Crippen molar-refractivity contribution in [3.8, 4) is 0 Å². The molecule has 0 spiro atoms. The first-order valence-corrected chi connectivity index (χ1v) is 12.7. The number of rotatable bonds is 6. The molecule has 2 aliphatic rings. The molecule has 1 N–H and O–H groups in total. The van der Waals surface area contributed by atoms with Crippen LogP contribution < -0.4 is 5.32 Å². The summed E-state index contributed by atoms with van der Waals surface area (Å²) in [6, 6.07) is 0.250. The first-order chi connectivity index (χ1) is 15.5. The van der Waals surface area contributed by atoms with Crippen LogP contribution in [0.2, 0.25) is 0 Å². The molecule has 2 amide bonds. The maximum Gasteiger partial charge on any atom is 0.357 e. The van der Waals surface area contributed by atoms with Gasteiger partial charge in [-0.2, -0.15) is 0 Å². The van der Waals surface area contributed by atoms with Gasteiger partial charge in [-0.25, -0.2) is 4.79 Å². The number of amides is 2. The fourth-order valence-corrected chi connectivity index (χ4v) is 6.59. The summed E-state index contributed by atoms with van der Waals surface area (Å²) in [5.41, 5.74) is 2.00. The third-order valence-corrected chi connectivity index (χ3v) is 7.95. The molecule has 1 atom stereocenters. The Hall–Kier alpha value is -2.35. The van der Waals surface area contributed by atoms with Crippen LogP contribution in [0.3, 0.4) is 0 Å². The molecule has 1 aliphatic carbocycles. The number of nitrogens with one attached hydrogen (secondary N) is 1. The maximum atomic E-state index is 13.5. The Bertz CT molecular complexity index is 1040. The Kier molecular flexibility index (Phi) is 6.88. The molecule has 32 heavy (non-hydrogen) atoms. The first-order valence-electron chi connectivity index (χ1n) is 11.9. The molecular formula is C24H33N3O4S. The Morgan fingerprint density at radius 2 is 1.91 bits per heavy atom. The lowest BCUT2D eigenvalue weighted by Crippen LogP contribution is -2.45. The number of hydrogen-bond acceptors (Lipinski definition) is 5. The van der Waals surface area contributed by atoms with Crippen molar-refractivity contribution < 1.29 is 19.1 Å². The SMILES string of the molecule is CCOC(=O)c1c(NC(C)=O)c2c3c(sc2n1CC(=O)N1CCCC[C@H]1CC)CCCC3. The normalized spacial score (nSPS) is 18.5. The largest absolute Gasteiger partial charge is 0.461 e. The number of anilines is 1. The van der Waals surface area contributed by atoms with E-state index in [0.29, 0.717) is 5.69 Å². The lowest BCUT2D eigenvalue weighted by Gasteiger charge is -2.35. The second kappa shape index (κ2) is 9.65. The molecule has 2 aromatic rings. The highest BCUT2D eigenvalue weighted by atomic mass is 32.1. The highest BCUT2D eigenvalue weighted by Gasteiger charge is 2.33. The number of ether oxygens (including phenoxy) is 1. The van der Waals surface area contributed by atoms with Crippen LogP contribution >= 0.6 is 11.3 Å². The van der Waals surface area contributed by atoms with Crippen molar-refractivity contribution >= 4 is 45.0 Å². The molecule has 3 heterocycles. The van der Waals surface area contributed by atoms with E-state index in [4.69, 9.17) is 4.74 Å². The van der Waals surface area contributed by atoms with Gasteiger partial charge in [0.2, 0.25) is 11.8 Å². The number of hydrogen-bond donors (Lipinski definition) is 1. The first kappa shape index (κ1) is 22.8. The zero-order valence-electron chi connectivity index (χ0n) is 19.3. The molecule has 1 saturated heterocycles. The minimum absolute atomic E-state index is 0.0275. The van der Waals surface area contributed by atoms with Crippen molar-refractivity contribution in [1.29, 1.82) is 0 Å². The van der Waals surface area contributed by atoms with E-state index in [2.05, 4.69) is 12.2 Å². The second-order valence-electron chi connectivity index (χ2n) is 8.75. The number of carbonyl (C=O) groups is 3. The lowest BCUT2D eigenvalue weighted by molar-refractivity contribution is -0.135. The molecule has 0 bridgehead atoms. The van der Waals surface area contributed by atoms with Gasteiger partial charge in [-0.05, 0) is 63.9 Å². The van der Waals surface area contributed by atoms with Crippen LogP contribution in [0.25, 0.3) is 10.2 Å². The van der Waals surface area contributed by atoms with E-state index in [1.807, 2.05) is 9.47 Å². The number of nitrogens with zero attached hydrogens (tertiary/aromatic N) is 2. The number of thiophene rings is 1. The molecule has 0 unspecified atom stereocenters. The summed E-state index contributed by atoms with van der Waals surface area (Å²) in [4.78, 5) is 42.8. The summed E-state index contributed by atoms with van der Waals surface area (Å²) >= 11 is 1.65. The molecule has 0 radical (unpaired) electrons. The van der Waals surface area contributed by atoms with E-state index < -0.39 is 5.97 Å². The minimum atomic E-state index is -0.498. The van der Waals surface area contributed by atoms with Gasteiger partial charge >= 0.3 is 5.97 Å². The van der Waals surface area contributed by atoms with Gasteiger partial charge in [0.15, 0.2) is 5.69 Å². The van der Waals surface area contributed by atoms with Gasteiger partial charge in [-0.15, -0.1) is 11.3 Å². The van der Waals surface area contributed by atoms with Crippen LogP contribution in [-0.2, 0) is 33.7 Å². The third kappa shape index (κ3) is 4.17. The second-order valence-corrected chi connectivity index (χ2v) is 9.83. The van der Waals surface area contributed by atoms with Crippen LogP contribution in [0.1, 0.15) is 80.2 Å². The summed E-state index contributed by atoms with van der Waals surface area (Å²) in [7, 11) is 0. The van der Waals surface area contributed by atoms with Crippen molar-refractivity contribution in [2.75, 3.05) is 18.5 Å². The standard InChI is InChI=1S/C24H33N3O4S/c1-4-16-10-8-9-13-26(16)19(29)14-27-22(24(30)31-5-2)21(25-15(3)28)20-17-11-6-7-12-18(17)32-23(20)27/h16H,4-14H2,1-3H3,(H,25,28)/t16-/m1/s1. The van der Waals surface area contributed by atoms with Gasteiger partial charge in [0.05, 0.1) is 12.3 Å². The van der Waals surface area contributed by atoms with Gasteiger partial charge in [0.25, 0.3) is 0 Å². The molecule has 8 heteroatoms. The predicted octanol–water partition coefficient (Wildman–Crippen LogP) is 4.51. The smallest absolute Gasteiger partial charge is 0.357 e. The monoisotopic (exact) mass is 459 g/mol. The van der Waals surface area contributed by atoms with Crippen LogP contribution in [0.4, 0.5) is 5.69 Å². The van der Waals surface area contributed by atoms with E-state index in [0.717, 1.165) is 68.1 Å². The Morgan fingerprint density at radius 1 is 1.12 bits per heavy atom. The highest BCUT2D eigenvalue weighted by molar-refractivity contribution is 7.19. The fraction of sp³-hybridized carbons (Fsp3) is 0.625. The van der Waals surface area contributed by atoms with Crippen molar-refractivity contribution in [3.05, 3.63) is 16.1 Å². The molecule has 1 fully saturated rings. The molecule has 0 saturated carbocycles. The van der Waals surface area contributed by atoms with Gasteiger partial charge in [-0.1, -0.05) is 6.92 Å². The molecular weight excluding hydrogens is 426 g/mol. The molecule has 174 valence electrons. The van der Waals surface area contributed by atoms with E-state index in [1.54, 1.807) is 18.3 Å². The molecule has 2 aromatic heterocycles. The topological polar surface area (TPSA) is 80.6 Å². The quantitative estimate of drug-likeness (QED) is 0.645. The van der Waals surface area contributed by atoms with E-state index >= 15 is 0 Å². The molecule has 7 nitrogen and oxygen atoms in total. The van der Waals surface area contributed by atoms with Gasteiger partial charge < -0.3 is 19.5 Å². The van der Waals surface area contributed by atoms with Crippen molar-refractivity contribution in [2.24, 2.45) is 0 Å². The van der Waals surface area contributed by atoms with Gasteiger partial charge in [-0.3, -0.25) is 9.59 Å². The molecule has 0 aromatic carbocycles. The van der Waals surface area contributed by atoms with Crippen LogP contribution in [-0.4, -0.2) is 46.4 Å². The summed E-state index contributed by atoms with van der Waals surface area (Å²) in [5, 5.41) is 3.82. The molecule has 1 aliphatic heterocycles. The Labute approximate surface area is 193 Å². The Morgan fingerprint density at radius 3 is 2.62 bits per heavy atom. The third-order valence-electron chi connectivity index (χ3n) is 6.64. The number of esters is 1. The number of aryl methyl sites for hydroxylation is 2. The highest BCUT2D eigenvalue weighted by Crippen LogP contribution is 2.44. The fourth-order valence-electron chi connectivity index (χ4n) is 5.19. The van der Waals surface area contributed by atoms with Crippen molar-refractivity contribution in [3.63, 3.8) is 0 Å². The summed E-state index contributed by atoms with van der Waals surface area (Å²) in [5.74, 6) is -0.707. The average Bonchev–Trinajstić information content (AvgIpc) is 3.29. The number of piperidine rings is 1. The minimum Gasteiger partial charge on any atom is -0.461 e. The molecule has 4 rings (SSSR count). The van der Waals surface area contributed by atoms with Crippen molar-refractivity contribution in [2.45, 2.75) is 84.7 Å². The predicted molar refractivity (Wildman–Crippen MR) is 126 cm³/mol. The number of likely N-dealkylation sites (tertiary alicyclic amines) is 1. The maximum absolute atomic E-state index is 13.5. The van der Waals surface area contributed by atoms with E-state index in [-0.39, 0.29) is 36.7 Å².